The van der Waals surface area contributed by atoms with E-state index in [9.17, 15) is 9.59 Å². The quantitative estimate of drug-likeness (QED) is 0.372. The SMILES string of the molecule is Cc1ccc2oc(=O)c3ccc(C(=O)N/N=C/c4cccc5ncccc45)cc3n12. The lowest BCUT2D eigenvalue weighted by atomic mass is 10.1. The molecule has 0 aliphatic heterocycles. The molecule has 0 radical (unpaired) electrons. The van der Waals surface area contributed by atoms with Crippen molar-refractivity contribution in [1.82, 2.24) is 14.8 Å². The summed E-state index contributed by atoms with van der Waals surface area (Å²) in [6.07, 6.45) is 3.32. The highest BCUT2D eigenvalue weighted by molar-refractivity contribution is 6.00. The number of fused-ring (bicyclic) bond motifs is 4. The highest BCUT2D eigenvalue weighted by atomic mass is 16.4. The van der Waals surface area contributed by atoms with Crippen LogP contribution in [0.2, 0.25) is 0 Å². The van der Waals surface area contributed by atoms with Gasteiger partial charge in [0, 0.05) is 34.5 Å². The highest BCUT2D eigenvalue weighted by Gasteiger charge is 2.12. The fraction of sp³-hybridized carbons (Fsp3) is 0.0435. The zero-order valence-electron chi connectivity index (χ0n) is 16.0. The van der Waals surface area contributed by atoms with Crippen LogP contribution >= 0.6 is 0 Å². The molecule has 2 aromatic carbocycles. The molecule has 1 N–H and O–H groups in total. The van der Waals surface area contributed by atoms with Crippen molar-refractivity contribution in [3.05, 3.63) is 94.1 Å². The van der Waals surface area contributed by atoms with Gasteiger partial charge in [0.1, 0.15) is 0 Å². The first-order valence-corrected chi connectivity index (χ1v) is 9.34. The molecule has 7 nitrogen and oxygen atoms in total. The number of rotatable bonds is 3. The van der Waals surface area contributed by atoms with Crippen molar-refractivity contribution in [2.45, 2.75) is 6.92 Å². The maximum absolute atomic E-state index is 12.6. The van der Waals surface area contributed by atoms with Crippen LogP contribution in [0.5, 0.6) is 0 Å². The molecule has 0 aliphatic rings. The van der Waals surface area contributed by atoms with Gasteiger partial charge in [0.2, 0.25) is 5.71 Å². The molecule has 3 heterocycles. The minimum absolute atomic E-state index is 0.377. The number of nitrogens with one attached hydrogen (secondary N) is 1. The van der Waals surface area contributed by atoms with Crippen molar-refractivity contribution in [2.24, 2.45) is 5.10 Å². The Morgan fingerprint density at radius 2 is 2.00 bits per heavy atom. The summed E-state index contributed by atoms with van der Waals surface area (Å²) >= 11 is 0. The fourth-order valence-electron chi connectivity index (χ4n) is 3.55. The molecule has 5 rings (SSSR count). The Morgan fingerprint density at radius 1 is 1.10 bits per heavy atom. The van der Waals surface area contributed by atoms with Gasteiger partial charge in [-0.1, -0.05) is 18.2 Å². The zero-order chi connectivity index (χ0) is 20.7. The Kier molecular flexibility index (Phi) is 4.14. The predicted octanol–water partition coefficient (Wildman–Crippen LogP) is 3.67. The minimum Gasteiger partial charge on any atom is -0.405 e. The molecule has 30 heavy (non-hydrogen) atoms. The molecule has 0 unspecified atom stereocenters. The van der Waals surface area contributed by atoms with Crippen molar-refractivity contribution < 1.29 is 9.21 Å². The first kappa shape index (κ1) is 17.8. The predicted molar refractivity (Wildman–Crippen MR) is 115 cm³/mol. The van der Waals surface area contributed by atoms with E-state index in [1.807, 2.05) is 43.3 Å². The Balaban J connectivity index is 1.47. The van der Waals surface area contributed by atoms with Crippen LogP contribution in [0.1, 0.15) is 21.6 Å². The van der Waals surface area contributed by atoms with Crippen LogP contribution in [-0.4, -0.2) is 21.5 Å². The van der Waals surface area contributed by atoms with Crippen molar-refractivity contribution in [2.75, 3.05) is 0 Å². The molecular weight excluding hydrogens is 380 g/mol. The largest absolute Gasteiger partial charge is 0.405 e. The summed E-state index contributed by atoms with van der Waals surface area (Å²) in [7, 11) is 0. The Labute approximate surface area is 170 Å². The van der Waals surface area contributed by atoms with Crippen LogP contribution in [0.25, 0.3) is 27.5 Å². The molecule has 3 aromatic heterocycles. The summed E-state index contributed by atoms with van der Waals surface area (Å²) in [4.78, 5) is 29.2. The normalized spacial score (nSPS) is 11.6. The Bertz CT molecular complexity index is 1520. The average Bonchev–Trinajstić information content (AvgIpc) is 3.14. The highest BCUT2D eigenvalue weighted by Crippen LogP contribution is 2.19. The van der Waals surface area contributed by atoms with Gasteiger partial charge in [0.25, 0.3) is 5.91 Å². The standard InChI is InChI=1S/C23H16N4O3/c1-14-7-10-21-27(14)20-12-15(8-9-18(20)23(29)30-21)22(28)26-25-13-16-4-2-6-19-17(16)5-3-11-24-19/h2-13H,1H3,(H,26,28)/b25-13+. The van der Waals surface area contributed by atoms with Gasteiger partial charge in [-0.25, -0.2) is 10.2 Å². The zero-order valence-corrected chi connectivity index (χ0v) is 16.0. The van der Waals surface area contributed by atoms with Gasteiger partial charge in [-0.15, -0.1) is 0 Å². The second kappa shape index (κ2) is 6.97. The van der Waals surface area contributed by atoms with E-state index in [0.717, 1.165) is 22.2 Å². The number of hydrogen-bond acceptors (Lipinski definition) is 5. The number of aryl methyl sites for hydroxylation is 1. The van der Waals surface area contributed by atoms with E-state index >= 15 is 0 Å². The first-order valence-electron chi connectivity index (χ1n) is 9.34. The fourth-order valence-corrected chi connectivity index (χ4v) is 3.55. The summed E-state index contributed by atoms with van der Waals surface area (Å²) in [5, 5.41) is 5.45. The molecule has 0 saturated heterocycles. The summed E-state index contributed by atoms with van der Waals surface area (Å²) in [5.41, 5.74) is 6.15. The Morgan fingerprint density at radius 3 is 2.90 bits per heavy atom. The van der Waals surface area contributed by atoms with Crippen LogP contribution in [0.4, 0.5) is 0 Å². The van der Waals surface area contributed by atoms with Crippen LogP contribution in [0, 0.1) is 6.92 Å². The summed E-state index contributed by atoms with van der Waals surface area (Å²) in [5.74, 6) is -0.377. The second-order valence-corrected chi connectivity index (χ2v) is 6.89. The number of carbonyl (C=O) groups is 1. The van der Waals surface area contributed by atoms with Crippen molar-refractivity contribution in [3.63, 3.8) is 0 Å². The molecule has 0 bridgehead atoms. The van der Waals surface area contributed by atoms with Gasteiger partial charge in [-0.2, -0.15) is 5.10 Å². The van der Waals surface area contributed by atoms with Crippen LogP contribution in [-0.2, 0) is 0 Å². The first-order chi connectivity index (χ1) is 14.6. The summed E-state index contributed by atoms with van der Waals surface area (Å²) < 4.78 is 7.13. The number of nitrogens with zero attached hydrogens (tertiary/aromatic N) is 3. The third-order valence-corrected chi connectivity index (χ3v) is 5.01. The maximum Gasteiger partial charge on any atom is 0.346 e. The number of hydrazone groups is 1. The second-order valence-electron chi connectivity index (χ2n) is 6.89. The third kappa shape index (κ3) is 2.93. The number of benzene rings is 2. The lowest BCUT2D eigenvalue weighted by molar-refractivity contribution is 0.0955. The van der Waals surface area contributed by atoms with E-state index in [1.165, 1.54) is 0 Å². The maximum atomic E-state index is 12.6. The number of pyridine rings is 1. The third-order valence-electron chi connectivity index (χ3n) is 5.01. The Hall–Kier alpha value is -4.26. The number of aromatic nitrogens is 2. The lowest BCUT2D eigenvalue weighted by Crippen LogP contribution is -2.18. The molecule has 0 saturated carbocycles. The van der Waals surface area contributed by atoms with Gasteiger partial charge in [-0.3, -0.25) is 14.2 Å². The van der Waals surface area contributed by atoms with Gasteiger partial charge < -0.3 is 4.42 Å². The summed E-state index contributed by atoms with van der Waals surface area (Å²) in [6, 6.07) is 17.9. The van der Waals surface area contributed by atoms with E-state index in [4.69, 9.17) is 4.42 Å². The van der Waals surface area contributed by atoms with Crippen molar-refractivity contribution >= 4 is 39.6 Å². The van der Waals surface area contributed by atoms with Crippen molar-refractivity contribution in [3.8, 4) is 0 Å². The van der Waals surface area contributed by atoms with E-state index < -0.39 is 5.63 Å². The number of carbonyl (C=O) groups excluding carboxylic acids is 1. The van der Waals surface area contributed by atoms with Gasteiger partial charge >= 0.3 is 5.63 Å². The molecular formula is C23H16N4O3. The molecule has 0 atom stereocenters. The molecule has 0 spiro atoms. The van der Waals surface area contributed by atoms with E-state index in [0.29, 0.717) is 22.2 Å². The van der Waals surface area contributed by atoms with E-state index in [2.05, 4.69) is 15.5 Å². The monoisotopic (exact) mass is 396 g/mol. The molecule has 0 aliphatic carbocycles. The molecule has 0 fully saturated rings. The number of amides is 1. The lowest BCUT2D eigenvalue weighted by Gasteiger charge is -2.06. The summed E-state index contributed by atoms with van der Waals surface area (Å²) in [6.45, 7) is 1.91. The average molecular weight is 396 g/mol. The van der Waals surface area contributed by atoms with Crippen LogP contribution in [0.3, 0.4) is 0 Å². The van der Waals surface area contributed by atoms with Gasteiger partial charge in [0.05, 0.1) is 22.6 Å². The minimum atomic E-state index is -0.440. The van der Waals surface area contributed by atoms with Crippen LogP contribution in [0.15, 0.2) is 81.2 Å². The van der Waals surface area contributed by atoms with Crippen molar-refractivity contribution in [1.29, 1.82) is 0 Å². The van der Waals surface area contributed by atoms with E-state index in [1.54, 1.807) is 41.1 Å². The van der Waals surface area contributed by atoms with Crippen LogP contribution < -0.4 is 11.1 Å². The molecule has 7 heteroatoms. The smallest absolute Gasteiger partial charge is 0.346 e. The molecule has 5 aromatic rings. The molecule has 1 amide bonds. The molecule has 146 valence electrons. The number of hydrogen-bond donors (Lipinski definition) is 1. The topological polar surface area (TPSA) is 89.0 Å². The van der Waals surface area contributed by atoms with E-state index in [-0.39, 0.29) is 5.91 Å². The van der Waals surface area contributed by atoms with Gasteiger partial charge in [-0.05, 0) is 43.3 Å². The van der Waals surface area contributed by atoms with Gasteiger partial charge in [0.15, 0.2) is 0 Å².